The van der Waals surface area contributed by atoms with Crippen molar-refractivity contribution in [2.75, 3.05) is 39.3 Å². The highest BCUT2D eigenvalue weighted by atomic mass is 35.5. The maximum atomic E-state index is 12.0. The quantitative estimate of drug-likeness (QED) is 0.883. The van der Waals surface area contributed by atoms with Gasteiger partial charge in [-0.2, -0.15) is 0 Å². The van der Waals surface area contributed by atoms with Crippen molar-refractivity contribution in [3.8, 4) is 0 Å². The van der Waals surface area contributed by atoms with Gasteiger partial charge in [0, 0.05) is 39.3 Å². The summed E-state index contributed by atoms with van der Waals surface area (Å²) in [5.41, 5.74) is 0.425. The van der Waals surface area contributed by atoms with Gasteiger partial charge in [0.15, 0.2) is 0 Å². The summed E-state index contributed by atoms with van der Waals surface area (Å²) in [5, 5.41) is 6.87. The number of amides is 1. The second-order valence-corrected chi connectivity index (χ2v) is 5.23. The van der Waals surface area contributed by atoms with Crippen molar-refractivity contribution < 1.29 is 4.79 Å². The van der Waals surface area contributed by atoms with Crippen LogP contribution in [0.25, 0.3) is 0 Å². The number of piperazine rings is 1. The second-order valence-electron chi connectivity index (χ2n) is 4.45. The van der Waals surface area contributed by atoms with Gasteiger partial charge in [-0.1, -0.05) is 29.3 Å². The van der Waals surface area contributed by atoms with Crippen LogP contribution in [0, 0.1) is 0 Å². The van der Waals surface area contributed by atoms with Crippen molar-refractivity contribution in [2.24, 2.45) is 0 Å². The molecule has 0 atom stereocenters. The van der Waals surface area contributed by atoms with Gasteiger partial charge in [0.2, 0.25) is 0 Å². The Balaban J connectivity index is 0.00000200. The fraction of sp³-hybridized carbons (Fsp3) is 0.462. The van der Waals surface area contributed by atoms with Crippen LogP contribution in [-0.2, 0) is 0 Å². The summed E-state index contributed by atoms with van der Waals surface area (Å²) < 4.78 is 0. The van der Waals surface area contributed by atoms with Crippen LogP contribution < -0.4 is 10.6 Å². The molecule has 1 aromatic carbocycles. The van der Waals surface area contributed by atoms with Gasteiger partial charge in [-0.3, -0.25) is 9.69 Å². The Labute approximate surface area is 135 Å². The molecule has 1 amide bonds. The number of hydrogen-bond acceptors (Lipinski definition) is 3. The Morgan fingerprint density at radius 3 is 2.70 bits per heavy atom. The molecule has 0 radical (unpaired) electrons. The molecular weight excluding hydrogens is 321 g/mol. The summed E-state index contributed by atoms with van der Waals surface area (Å²) in [4.78, 5) is 14.3. The first-order valence-electron chi connectivity index (χ1n) is 6.34. The molecule has 1 heterocycles. The van der Waals surface area contributed by atoms with Crippen LogP contribution in [0.15, 0.2) is 18.2 Å². The molecule has 1 aliphatic rings. The minimum atomic E-state index is -0.178. The Hall–Kier alpha value is -0.520. The van der Waals surface area contributed by atoms with Crippen LogP contribution >= 0.6 is 35.6 Å². The van der Waals surface area contributed by atoms with E-state index >= 15 is 0 Å². The Morgan fingerprint density at radius 2 is 2.00 bits per heavy atom. The maximum absolute atomic E-state index is 12.0. The number of nitrogens with one attached hydrogen (secondary N) is 2. The summed E-state index contributed by atoms with van der Waals surface area (Å²) in [7, 11) is 0. The number of carbonyl (C=O) groups excluding carboxylic acids is 1. The molecule has 2 rings (SSSR count). The van der Waals surface area contributed by atoms with Crippen molar-refractivity contribution in [3.63, 3.8) is 0 Å². The molecule has 0 aromatic heterocycles. The smallest absolute Gasteiger partial charge is 0.252 e. The molecule has 7 heteroatoms. The molecule has 20 heavy (non-hydrogen) atoms. The first kappa shape index (κ1) is 17.5. The van der Waals surface area contributed by atoms with Gasteiger partial charge in [0.1, 0.15) is 0 Å². The first-order chi connectivity index (χ1) is 9.18. The van der Waals surface area contributed by atoms with E-state index in [0.717, 1.165) is 32.7 Å². The van der Waals surface area contributed by atoms with E-state index in [1.165, 1.54) is 0 Å². The van der Waals surface area contributed by atoms with Crippen LogP contribution in [0.3, 0.4) is 0 Å². The minimum Gasteiger partial charge on any atom is -0.351 e. The molecule has 0 aliphatic carbocycles. The molecule has 112 valence electrons. The predicted octanol–water partition coefficient (Wildman–Crippen LogP) is 2.05. The summed E-state index contributed by atoms with van der Waals surface area (Å²) in [6.45, 7) is 5.52. The monoisotopic (exact) mass is 337 g/mol. The molecule has 2 N–H and O–H groups in total. The fourth-order valence-corrected chi connectivity index (χ4v) is 2.42. The normalized spacial score (nSPS) is 15.5. The van der Waals surface area contributed by atoms with Gasteiger partial charge in [-0.05, 0) is 12.1 Å². The lowest BCUT2D eigenvalue weighted by Crippen LogP contribution is -2.46. The molecule has 0 saturated carbocycles. The zero-order valence-corrected chi connectivity index (χ0v) is 13.3. The van der Waals surface area contributed by atoms with Crippen molar-refractivity contribution in [1.82, 2.24) is 15.5 Å². The molecule has 1 aliphatic heterocycles. The Kier molecular flexibility index (Phi) is 7.62. The van der Waals surface area contributed by atoms with E-state index in [0.29, 0.717) is 22.2 Å². The highest BCUT2D eigenvalue weighted by Crippen LogP contribution is 2.25. The van der Waals surface area contributed by atoms with E-state index in [9.17, 15) is 4.79 Å². The lowest BCUT2D eigenvalue weighted by Gasteiger charge is -2.27. The first-order valence-corrected chi connectivity index (χ1v) is 7.09. The number of carbonyl (C=O) groups is 1. The third-order valence-electron chi connectivity index (χ3n) is 3.12. The molecule has 1 fully saturated rings. The lowest BCUT2D eigenvalue weighted by atomic mass is 10.2. The molecule has 1 saturated heterocycles. The lowest BCUT2D eigenvalue weighted by molar-refractivity contribution is 0.0947. The van der Waals surface area contributed by atoms with Crippen LogP contribution in [0.2, 0.25) is 10.0 Å². The zero-order valence-electron chi connectivity index (χ0n) is 11.0. The van der Waals surface area contributed by atoms with E-state index < -0.39 is 0 Å². The summed E-state index contributed by atoms with van der Waals surface area (Å²) in [5.74, 6) is -0.178. The average Bonchev–Trinajstić information content (AvgIpc) is 2.43. The largest absolute Gasteiger partial charge is 0.351 e. The van der Waals surface area contributed by atoms with Gasteiger partial charge in [0.25, 0.3) is 5.91 Å². The number of hydrogen-bond donors (Lipinski definition) is 2. The van der Waals surface area contributed by atoms with E-state index in [4.69, 9.17) is 23.2 Å². The SMILES string of the molecule is Cl.O=C(NCCN1CCNCC1)c1cccc(Cl)c1Cl. The molecule has 0 bridgehead atoms. The van der Waals surface area contributed by atoms with E-state index in [2.05, 4.69) is 15.5 Å². The summed E-state index contributed by atoms with van der Waals surface area (Å²) in [6.07, 6.45) is 0. The fourth-order valence-electron chi connectivity index (χ4n) is 2.04. The van der Waals surface area contributed by atoms with E-state index in [-0.39, 0.29) is 18.3 Å². The minimum absolute atomic E-state index is 0. The Morgan fingerprint density at radius 1 is 1.30 bits per heavy atom. The highest BCUT2D eigenvalue weighted by Gasteiger charge is 2.13. The summed E-state index contributed by atoms with van der Waals surface area (Å²) >= 11 is 11.9. The van der Waals surface area contributed by atoms with Crippen LogP contribution in [-0.4, -0.2) is 50.1 Å². The standard InChI is InChI=1S/C13H17Cl2N3O.ClH/c14-11-3-1-2-10(12(11)15)13(19)17-6-9-18-7-4-16-5-8-18;/h1-3,16H,4-9H2,(H,17,19);1H. The third-order valence-corrected chi connectivity index (χ3v) is 3.94. The molecule has 4 nitrogen and oxygen atoms in total. The number of halogens is 3. The second kappa shape index (κ2) is 8.70. The highest BCUT2D eigenvalue weighted by molar-refractivity contribution is 6.43. The van der Waals surface area contributed by atoms with Crippen molar-refractivity contribution in [2.45, 2.75) is 0 Å². The van der Waals surface area contributed by atoms with Crippen molar-refractivity contribution in [3.05, 3.63) is 33.8 Å². The van der Waals surface area contributed by atoms with Gasteiger partial charge in [0.05, 0.1) is 15.6 Å². The van der Waals surface area contributed by atoms with E-state index in [1.54, 1.807) is 18.2 Å². The Bertz CT molecular complexity index is 450. The number of benzene rings is 1. The predicted molar refractivity (Wildman–Crippen MR) is 85.4 cm³/mol. The topological polar surface area (TPSA) is 44.4 Å². The zero-order chi connectivity index (χ0) is 13.7. The van der Waals surface area contributed by atoms with Gasteiger partial charge in [-0.15, -0.1) is 12.4 Å². The van der Waals surface area contributed by atoms with Crippen LogP contribution in [0.5, 0.6) is 0 Å². The number of rotatable bonds is 4. The van der Waals surface area contributed by atoms with Gasteiger partial charge >= 0.3 is 0 Å². The average molecular weight is 339 g/mol. The van der Waals surface area contributed by atoms with Crippen LogP contribution in [0.4, 0.5) is 0 Å². The summed E-state index contributed by atoms with van der Waals surface area (Å²) in [6, 6.07) is 5.06. The van der Waals surface area contributed by atoms with Crippen molar-refractivity contribution in [1.29, 1.82) is 0 Å². The molecule has 0 spiro atoms. The van der Waals surface area contributed by atoms with Gasteiger partial charge < -0.3 is 10.6 Å². The molecular formula is C13H18Cl3N3O. The number of nitrogens with zero attached hydrogens (tertiary/aromatic N) is 1. The molecule has 0 unspecified atom stereocenters. The van der Waals surface area contributed by atoms with Crippen molar-refractivity contribution >= 4 is 41.5 Å². The van der Waals surface area contributed by atoms with Crippen LogP contribution in [0.1, 0.15) is 10.4 Å². The third kappa shape index (κ3) is 4.79. The maximum Gasteiger partial charge on any atom is 0.252 e. The molecule has 1 aromatic rings. The van der Waals surface area contributed by atoms with Gasteiger partial charge in [-0.25, -0.2) is 0 Å². The van der Waals surface area contributed by atoms with E-state index in [1.807, 2.05) is 0 Å².